The van der Waals surface area contributed by atoms with Crippen molar-refractivity contribution in [2.75, 3.05) is 33.2 Å². The van der Waals surface area contributed by atoms with Crippen molar-refractivity contribution in [2.45, 2.75) is 56.9 Å². The lowest BCUT2D eigenvalue weighted by Crippen LogP contribution is -2.47. The maximum atomic E-state index is 12.0. The number of nitrogens with zero attached hydrogens (tertiary/aromatic N) is 2. The summed E-state index contributed by atoms with van der Waals surface area (Å²) in [5, 5.41) is 11.5. The van der Waals surface area contributed by atoms with Crippen LogP contribution in [-0.4, -0.2) is 60.9 Å². The number of amides is 1. The van der Waals surface area contributed by atoms with Gasteiger partial charge in [0.05, 0.1) is 24.9 Å². The van der Waals surface area contributed by atoms with E-state index < -0.39 is 5.54 Å². The zero-order valence-electron chi connectivity index (χ0n) is 19.0. The van der Waals surface area contributed by atoms with Crippen LogP contribution in [0.15, 0.2) is 33.9 Å². The number of carbonyl (C=O) groups is 1. The van der Waals surface area contributed by atoms with Gasteiger partial charge in [-0.1, -0.05) is 11.8 Å². The van der Waals surface area contributed by atoms with E-state index in [9.17, 15) is 4.79 Å². The van der Waals surface area contributed by atoms with E-state index >= 15 is 0 Å². The van der Waals surface area contributed by atoms with Crippen LogP contribution in [-0.2, 0) is 14.3 Å². The number of thioether (sulfide) groups is 1. The molecule has 0 fully saturated rings. The summed E-state index contributed by atoms with van der Waals surface area (Å²) < 4.78 is 22.2. The molecule has 0 aliphatic rings. The first-order chi connectivity index (χ1) is 14.8. The summed E-state index contributed by atoms with van der Waals surface area (Å²) in [5.41, 5.74) is 0.420. The average molecular weight is 452 g/mol. The van der Waals surface area contributed by atoms with Crippen molar-refractivity contribution in [3.05, 3.63) is 24.3 Å². The van der Waals surface area contributed by atoms with Crippen molar-refractivity contribution in [3.63, 3.8) is 0 Å². The highest BCUT2D eigenvalue weighted by Crippen LogP contribution is 2.24. The highest BCUT2D eigenvalue weighted by atomic mass is 32.2. The van der Waals surface area contributed by atoms with Crippen LogP contribution in [0.1, 0.15) is 40.0 Å². The first kappa shape index (κ1) is 25.2. The Labute approximate surface area is 188 Å². The summed E-state index contributed by atoms with van der Waals surface area (Å²) >= 11 is 1.41. The van der Waals surface area contributed by atoms with Gasteiger partial charge in [0.25, 0.3) is 5.22 Å². The zero-order valence-corrected chi connectivity index (χ0v) is 19.8. The number of hydrogen-bond acceptors (Lipinski definition) is 8. The molecule has 0 saturated heterocycles. The summed E-state index contributed by atoms with van der Waals surface area (Å²) in [6.07, 6.45) is 3.79. The molecule has 0 radical (unpaired) electrons. The number of aromatic nitrogens is 2. The van der Waals surface area contributed by atoms with Gasteiger partial charge in [-0.25, -0.2) is 0 Å². The van der Waals surface area contributed by atoms with E-state index in [-0.39, 0.29) is 12.0 Å². The molecule has 31 heavy (non-hydrogen) atoms. The third kappa shape index (κ3) is 9.28. The van der Waals surface area contributed by atoms with Gasteiger partial charge in [0.2, 0.25) is 11.8 Å². The second-order valence-corrected chi connectivity index (χ2v) is 8.65. The number of rotatable bonds is 14. The Bertz CT molecular complexity index is 795. The lowest BCUT2D eigenvalue weighted by molar-refractivity contribution is -0.124. The monoisotopic (exact) mass is 451 g/mol. The maximum Gasteiger partial charge on any atom is 0.276 e. The van der Waals surface area contributed by atoms with E-state index in [1.165, 1.54) is 11.8 Å². The Morgan fingerprint density at radius 1 is 1.23 bits per heavy atom. The van der Waals surface area contributed by atoms with E-state index in [1.54, 1.807) is 7.11 Å². The first-order valence-corrected chi connectivity index (χ1v) is 11.6. The van der Waals surface area contributed by atoms with Crippen molar-refractivity contribution in [3.8, 4) is 17.2 Å². The van der Waals surface area contributed by atoms with Gasteiger partial charge in [-0.2, -0.15) is 0 Å². The maximum absolute atomic E-state index is 12.0. The second-order valence-electron chi connectivity index (χ2n) is 7.89. The van der Waals surface area contributed by atoms with Crippen LogP contribution in [0.5, 0.6) is 5.75 Å². The minimum absolute atomic E-state index is 0.00676. The van der Waals surface area contributed by atoms with E-state index in [2.05, 4.69) is 15.5 Å². The van der Waals surface area contributed by atoms with Crippen molar-refractivity contribution >= 4 is 17.7 Å². The predicted octanol–water partition coefficient (Wildman–Crippen LogP) is 3.95. The van der Waals surface area contributed by atoms with Crippen LogP contribution in [0.3, 0.4) is 0 Å². The molecule has 1 N–H and O–H groups in total. The van der Waals surface area contributed by atoms with Crippen molar-refractivity contribution in [1.82, 2.24) is 15.5 Å². The molecular formula is C22H33N3O5S. The molecule has 0 aliphatic carbocycles. The molecule has 0 aliphatic heterocycles. The number of nitrogens with one attached hydrogen (secondary N) is 1. The number of carbonyl (C=O) groups excluding carboxylic acids is 1. The lowest BCUT2D eigenvalue weighted by atomic mass is 10.1. The van der Waals surface area contributed by atoms with Crippen LogP contribution in [0.4, 0.5) is 0 Å². The minimum Gasteiger partial charge on any atom is -0.493 e. The largest absolute Gasteiger partial charge is 0.493 e. The fourth-order valence-corrected chi connectivity index (χ4v) is 3.02. The highest BCUT2D eigenvalue weighted by molar-refractivity contribution is 7.98. The number of ether oxygens (including phenoxy) is 3. The van der Waals surface area contributed by atoms with Gasteiger partial charge >= 0.3 is 0 Å². The topological polar surface area (TPSA) is 95.7 Å². The van der Waals surface area contributed by atoms with Crippen LogP contribution in [0.2, 0.25) is 0 Å². The molecule has 2 rings (SSSR count). The molecule has 172 valence electrons. The highest BCUT2D eigenvalue weighted by Gasteiger charge is 2.21. The molecule has 0 spiro atoms. The summed E-state index contributed by atoms with van der Waals surface area (Å²) in [5.74, 6) is 1.27. The standard InChI is InChI=1S/C22H33N3O5S/c1-16(29-15-22(2,3)23-19(26)7-6-13-27-4)12-14-28-18-10-8-17(9-11-18)20-24-25-21(30-20)31-5/h8-11,16H,6-7,12-15H2,1-5H3,(H,23,26). The normalized spacial score (nSPS) is 12.5. The van der Waals surface area contributed by atoms with Crippen molar-refractivity contribution < 1.29 is 23.4 Å². The summed E-state index contributed by atoms with van der Waals surface area (Å²) in [6, 6.07) is 7.55. The molecular weight excluding hydrogens is 418 g/mol. The Hall–Kier alpha value is -2.10. The number of methoxy groups -OCH3 is 1. The summed E-state index contributed by atoms with van der Waals surface area (Å²) in [7, 11) is 1.63. The van der Waals surface area contributed by atoms with Gasteiger partial charge in [0.15, 0.2) is 0 Å². The molecule has 0 bridgehead atoms. The molecule has 1 unspecified atom stereocenters. The molecule has 1 heterocycles. The Morgan fingerprint density at radius 3 is 2.61 bits per heavy atom. The molecule has 2 aromatic rings. The minimum atomic E-state index is -0.431. The molecule has 1 amide bonds. The Kier molecular flexibility index (Phi) is 10.3. The van der Waals surface area contributed by atoms with E-state index in [0.29, 0.717) is 43.8 Å². The molecule has 1 atom stereocenters. The van der Waals surface area contributed by atoms with Crippen LogP contribution in [0, 0.1) is 0 Å². The van der Waals surface area contributed by atoms with Gasteiger partial charge in [0.1, 0.15) is 5.75 Å². The van der Waals surface area contributed by atoms with E-state index in [4.69, 9.17) is 18.6 Å². The summed E-state index contributed by atoms with van der Waals surface area (Å²) in [4.78, 5) is 12.0. The lowest BCUT2D eigenvalue weighted by Gasteiger charge is -2.28. The van der Waals surface area contributed by atoms with Gasteiger partial charge < -0.3 is 23.9 Å². The van der Waals surface area contributed by atoms with Gasteiger partial charge in [-0.15, -0.1) is 10.2 Å². The van der Waals surface area contributed by atoms with Crippen LogP contribution >= 0.6 is 11.8 Å². The quantitative estimate of drug-likeness (QED) is 0.341. The molecule has 1 aromatic heterocycles. The Balaban J connectivity index is 1.68. The van der Waals surface area contributed by atoms with E-state index in [1.807, 2.05) is 51.3 Å². The van der Waals surface area contributed by atoms with Crippen molar-refractivity contribution in [2.24, 2.45) is 0 Å². The van der Waals surface area contributed by atoms with Crippen molar-refractivity contribution in [1.29, 1.82) is 0 Å². The van der Waals surface area contributed by atoms with Crippen LogP contribution in [0.25, 0.3) is 11.5 Å². The fourth-order valence-electron chi connectivity index (χ4n) is 2.73. The fraction of sp³-hybridized carbons (Fsp3) is 0.591. The van der Waals surface area contributed by atoms with Gasteiger partial charge in [-0.3, -0.25) is 4.79 Å². The third-order valence-electron chi connectivity index (χ3n) is 4.43. The molecule has 1 aromatic carbocycles. The Morgan fingerprint density at radius 2 is 1.97 bits per heavy atom. The summed E-state index contributed by atoms with van der Waals surface area (Å²) in [6.45, 7) is 7.46. The smallest absolute Gasteiger partial charge is 0.276 e. The second kappa shape index (κ2) is 12.7. The first-order valence-electron chi connectivity index (χ1n) is 10.4. The average Bonchev–Trinajstić information content (AvgIpc) is 3.22. The third-order valence-corrected chi connectivity index (χ3v) is 4.95. The molecule has 9 heteroatoms. The predicted molar refractivity (Wildman–Crippen MR) is 120 cm³/mol. The number of hydrogen-bond donors (Lipinski definition) is 1. The van der Waals surface area contributed by atoms with E-state index in [0.717, 1.165) is 17.7 Å². The zero-order chi connectivity index (χ0) is 22.7. The van der Waals surface area contributed by atoms with Gasteiger partial charge in [-0.05, 0) is 57.7 Å². The molecule has 0 saturated carbocycles. The van der Waals surface area contributed by atoms with Gasteiger partial charge in [0, 0.05) is 32.1 Å². The number of benzene rings is 1. The molecule has 8 nitrogen and oxygen atoms in total. The van der Waals surface area contributed by atoms with Crippen LogP contribution < -0.4 is 10.1 Å². The SMILES string of the molecule is COCCCC(=O)NC(C)(C)COC(C)CCOc1ccc(-c2nnc(SC)o2)cc1.